The number of hydrazine groups is 1. The molecule has 1 unspecified atom stereocenters. The largest absolute Gasteiger partial charge is 0.496 e. The summed E-state index contributed by atoms with van der Waals surface area (Å²) in [4.78, 5) is 1.24. The molecule has 0 aliphatic rings. The van der Waals surface area contributed by atoms with E-state index in [1.807, 2.05) is 5.38 Å². The lowest BCUT2D eigenvalue weighted by atomic mass is 9.88. The van der Waals surface area contributed by atoms with Gasteiger partial charge < -0.3 is 4.74 Å². The molecule has 1 aromatic heterocycles. The monoisotopic (exact) mass is 242 g/mol. The minimum atomic E-state index is 0.230. The van der Waals surface area contributed by atoms with Crippen molar-refractivity contribution in [3.05, 3.63) is 16.3 Å². The molecule has 1 heterocycles. The van der Waals surface area contributed by atoms with Crippen molar-refractivity contribution in [3.8, 4) is 5.75 Å². The summed E-state index contributed by atoms with van der Waals surface area (Å²) in [6, 6.07) is 2.28. The molecule has 92 valence electrons. The SMILES string of the molecule is COc1csc(C(CCC(C)(C)C)NN)c1. The molecule has 1 rings (SSSR count). The first-order valence-corrected chi connectivity index (χ1v) is 6.43. The summed E-state index contributed by atoms with van der Waals surface area (Å²) in [5.41, 5.74) is 3.23. The van der Waals surface area contributed by atoms with Crippen LogP contribution in [-0.2, 0) is 0 Å². The Labute approximate surface area is 102 Å². The molecule has 0 saturated carbocycles. The normalized spacial score (nSPS) is 13.8. The Morgan fingerprint density at radius 3 is 2.62 bits per heavy atom. The van der Waals surface area contributed by atoms with E-state index in [4.69, 9.17) is 10.6 Å². The molecular formula is C12H22N2OS. The third-order valence-corrected chi connectivity index (χ3v) is 3.58. The van der Waals surface area contributed by atoms with E-state index in [9.17, 15) is 0 Å². The highest BCUT2D eigenvalue weighted by atomic mass is 32.1. The number of rotatable bonds is 5. The molecular weight excluding hydrogens is 220 g/mol. The predicted molar refractivity (Wildman–Crippen MR) is 69.6 cm³/mol. The number of nitrogens with two attached hydrogens (primary N) is 1. The molecule has 0 aromatic carbocycles. The van der Waals surface area contributed by atoms with Crippen molar-refractivity contribution in [1.82, 2.24) is 5.43 Å². The lowest BCUT2D eigenvalue weighted by molar-refractivity contribution is 0.334. The quantitative estimate of drug-likeness (QED) is 0.616. The maximum atomic E-state index is 5.60. The van der Waals surface area contributed by atoms with Gasteiger partial charge in [-0.1, -0.05) is 20.8 Å². The topological polar surface area (TPSA) is 47.3 Å². The van der Waals surface area contributed by atoms with Crippen LogP contribution in [0.1, 0.15) is 44.5 Å². The van der Waals surface area contributed by atoms with Gasteiger partial charge in [0.15, 0.2) is 0 Å². The highest BCUT2D eigenvalue weighted by Gasteiger charge is 2.17. The van der Waals surface area contributed by atoms with E-state index >= 15 is 0 Å². The Hall–Kier alpha value is -0.580. The smallest absolute Gasteiger partial charge is 0.129 e. The Morgan fingerprint density at radius 1 is 1.50 bits per heavy atom. The summed E-state index contributed by atoms with van der Waals surface area (Å²) in [7, 11) is 1.69. The number of methoxy groups -OCH3 is 1. The zero-order valence-corrected chi connectivity index (χ0v) is 11.4. The van der Waals surface area contributed by atoms with Crippen LogP contribution in [0, 0.1) is 5.41 Å². The van der Waals surface area contributed by atoms with Gasteiger partial charge in [-0.2, -0.15) is 0 Å². The first-order valence-electron chi connectivity index (χ1n) is 5.55. The van der Waals surface area contributed by atoms with Crippen LogP contribution < -0.4 is 16.0 Å². The second-order valence-corrected chi connectivity index (χ2v) is 6.15. The highest BCUT2D eigenvalue weighted by molar-refractivity contribution is 7.10. The average molecular weight is 242 g/mol. The Kier molecular flexibility index (Phi) is 4.77. The van der Waals surface area contributed by atoms with Crippen LogP contribution in [0.4, 0.5) is 0 Å². The average Bonchev–Trinajstić information content (AvgIpc) is 2.65. The lowest BCUT2D eigenvalue weighted by Gasteiger charge is -2.22. The third-order valence-electron chi connectivity index (χ3n) is 2.56. The maximum absolute atomic E-state index is 5.60. The van der Waals surface area contributed by atoms with Crippen molar-refractivity contribution in [2.45, 2.75) is 39.7 Å². The van der Waals surface area contributed by atoms with Crippen LogP contribution in [-0.4, -0.2) is 7.11 Å². The van der Waals surface area contributed by atoms with E-state index in [1.54, 1.807) is 18.4 Å². The predicted octanol–water partition coefficient (Wildman–Crippen LogP) is 3.09. The molecule has 0 fully saturated rings. The summed E-state index contributed by atoms with van der Waals surface area (Å²) in [5.74, 6) is 6.51. The molecule has 0 bridgehead atoms. The number of hydrogen-bond donors (Lipinski definition) is 2. The number of thiophene rings is 1. The molecule has 0 saturated heterocycles. The van der Waals surface area contributed by atoms with Crippen molar-refractivity contribution < 1.29 is 4.74 Å². The lowest BCUT2D eigenvalue weighted by Crippen LogP contribution is -2.28. The van der Waals surface area contributed by atoms with Crippen LogP contribution in [0.3, 0.4) is 0 Å². The van der Waals surface area contributed by atoms with Crippen LogP contribution in [0.15, 0.2) is 11.4 Å². The zero-order chi connectivity index (χ0) is 12.2. The third kappa shape index (κ3) is 4.12. The van der Waals surface area contributed by atoms with Gasteiger partial charge in [0.05, 0.1) is 13.2 Å². The van der Waals surface area contributed by atoms with Crippen molar-refractivity contribution in [3.63, 3.8) is 0 Å². The molecule has 3 nitrogen and oxygen atoms in total. The van der Waals surface area contributed by atoms with E-state index in [0.29, 0.717) is 5.41 Å². The summed E-state index contributed by atoms with van der Waals surface area (Å²) >= 11 is 1.69. The van der Waals surface area contributed by atoms with E-state index < -0.39 is 0 Å². The summed E-state index contributed by atoms with van der Waals surface area (Å²) < 4.78 is 5.18. The van der Waals surface area contributed by atoms with Crippen LogP contribution in [0.5, 0.6) is 5.75 Å². The molecule has 0 amide bonds. The van der Waals surface area contributed by atoms with E-state index in [1.165, 1.54) is 4.88 Å². The van der Waals surface area contributed by atoms with E-state index in [2.05, 4.69) is 32.3 Å². The molecule has 0 radical (unpaired) electrons. The standard InChI is InChI=1S/C12H22N2OS/c1-12(2,3)6-5-10(14-13)11-7-9(15-4)8-16-11/h7-8,10,14H,5-6,13H2,1-4H3. The van der Waals surface area contributed by atoms with Gasteiger partial charge in [0.2, 0.25) is 0 Å². The van der Waals surface area contributed by atoms with Gasteiger partial charge in [0.1, 0.15) is 5.75 Å². The van der Waals surface area contributed by atoms with Crippen LogP contribution in [0.2, 0.25) is 0 Å². The highest BCUT2D eigenvalue weighted by Crippen LogP contribution is 2.32. The molecule has 1 atom stereocenters. The van der Waals surface area contributed by atoms with Crippen molar-refractivity contribution in [1.29, 1.82) is 0 Å². The Balaban J connectivity index is 2.60. The van der Waals surface area contributed by atoms with Gasteiger partial charge in [-0.3, -0.25) is 11.3 Å². The van der Waals surface area contributed by atoms with E-state index in [0.717, 1.165) is 18.6 Å². The van der Waals surface area contributed by atoms with Gasteiger partial charge in [0, 0.05) is 10.3 Å². The molecule has 4 heteroatoms. The fourth-order valence-electron chi connectivity index (χ4n) is 1.51. The molecule has 0 aliphatic carbocycles. The van der Waals surface area contributed by atoms with Gasteiger partial charge >= 0.3 is 0 Å². The molecule has 16 heavy (non-hydrogen) atoms. The number of hydrogen-bond acceptors (Lipinski definition) is 4. The summed E-state index contributed by atoms with van der Waals surface area (Å²) in [6.07, 6.45) is 2.19. The Bertz CT molecular complexity index is 317. The number of nitrogens with one attached hydrogen (secondary N) is 1. The van der Waals surface area contributed by atoms with Gasteiger partial charge in [-0.25, -0.2) is 0 Å². The van der Waals surface area contributed by atoms with Crippen molar-refractivity contribution in [2.75, 3.05) is 7.11 Å². The minimum Gasteiger partial charge on any atom is -0.496 e. The second kappa shape index (κ2) is 5.66. The van der Waals surface area contributed by atoms with Crippen molar-refractivity contribution >= 4 is 11.3 Å². The van der Waals surface area contributed by atoms with Crippen LogP contribution >= 0.6 is 11.3 Å². The number of ether oxygens (including phenoxy) is 1. The van der Waals surface area contributed by atoms with Crippen molar-refractivity contribution in [2.24, 2.45) is 11.3 Å². The first-order chi connectivity index (χ1) is 7.46. The second-order valence-electron chi connectivity index (χ2n) is 5.21. The Morgan fingerprint density at radius 2 is 2.19 bits per heavy atom. The maximum Gasteiger partial charge on any atom is 0.129 e. The molecule has 1 aromatic rings. The van der Waals surface area contributed by atoms with Gasteiger partial charge in [0.25, 0.3) is 0 Å². The zero-order valence-electron chi connectivity index (χ0n) is 10.5. The summed E-state index contributed by atoms with van der Waals surface area (Å²) in [6.45, 7) is 6.74. The molecule has 0 spiro atoms. The van der Waals surface area contributed by atoms with Gasteiger partial charge in [-0.05, 0) is 24.3 Å². The molecule has 0 aliphatic heterocycles. The van der Waals surface area contributed by atoms with Crippen LogP contribution in [0.25, 0.3) is 0 Å². The molecule has 3 N–H and O–H groups in total. The fourth-order valence-corrected chi connectivity index (χ4v) is 2.46. The van der Waals surface area contributed by atoms with E-state index in [-0.39, 0.29) is 6.04 Å². The van der Waals surface area contributed by atoms with Gasteiger partial charge in [-0.15, -0.1) is 11.3 Å². The fraction of sp³-hybridized carbons (Fsp3) is 0.667. The minimum absolute atomic E-state index is 0.230. The first kappa shape index (κ1) is 13.5. The summed E-state index contributed by atoms with van der Waals surface area (Å²) in [5, 5.41) is 2.01.